The van der Waals surface area contributed by atoms with Crippen molar-refractivity contribution in [1.29, 1.82) is 0 Å². The van der Waals surface area contributed by atoms with Crippen LogP contribution in [0.25, 0.3) is 0 Å². The van der Waals surface area contributed by atoms with E-state index in [2.05, 4.69) is 35.3 Å². The second-order valence-corrected chi connectivity index (χ2v) is 5.65. The molecule has 3 rings (SSSR count). The first-order chi connectivity index (χ1) is 9.66. The highest BCUT2D eigenvalue weighted by Gasteiger charge is 2.21. The largest absolute Gasteiger partial charge is 0.304 e. The summed E-state index contributed by atoms with van der Waals surface area (Å²) in [6.45, 7) is 5.08. The molecule has 2 aromatic heterocycles. The van der Waals surface area contributed by atoms with Gasteiger partial charge in [0.25, 0.3) is 0 Å². The van der Waals surface area contributed by atoms with Crippen molar-refractivity contribution in [2.45, 2.75) is 45.7 Å². The molecule has 0 aromatic carbocycles. The van der Waals surface area contributed by atoms with Crippen LogP contribution in [0.4, 0.5) is 0 Å². The Morgan fingerprint density at radius 3 is 3.00 bits per heavy atom. The van der Waals surface area contributed by atoms with E-state index in [4.69, 9.17) is 0 Å². The highest BCUT2D eigenvalue weighted by atomic mass is 15.3. The summed E-state index contributed by atoms with van der Waals surface area (Å²) in [5, 5.41) is 8.15. The fraction of sp³-hybridized carbons (Fsp3) is 0.500. The van der Waals surface area contributed by atoms with Crippen LogP contribution in [-0.2, 0) is 20.0 Å². The molecule has 106 valence electrons. The van der Waals surface area contributed by atoms with Crippen molar-refractivity contribution in [2.75, 3.05) is 0 Å². The summed E-state index contributed by atoms with van der Waals surface area (Å²) >= 11 is 0. The molecule has 0 aliphatic heterocycles. The molecule has 0 bridgehead atoms. The number of rotatable bonds is 3. The highest BCUT2D eigenvalue weighted by Crippen LogP contribution is 2.28. The van der Waals surface area contributed by atoms with Crippen LogP contribution in [0.1, 0.15) is 47.1 Å². The molecule has 1 aliphatic rings. The van der Waals surface area contributed by atoms with Crippen LogP contribution in [0.2, 0.25) is 0 Å². The molecule has 4 heteroatoms. The third-order valence-electron chi connectivity index (χ3n) is 4.38. The van der Waals surface area contributed by atoms with Gasteiger partial charge in [-0.05, 0) is 44.7 Å². The molecule has 4 nitrogen and oxygen atoms in total. The van der Waals surface area contributed by atoms with E-state index in [9.17, 15) is 0 Å². The minimum atomic E-state index is 0.374. The Morgan fingerprint density at radius 1 is 1.40 bits per heavy atom. The van der Waals surface area contributed by atoms with Gasteiger partial charge in [-0.3, -0.25) is 9.67 Å². The summed E-state index contributed by atoms with van der Waals surface area (Å²) in [5.41, 5.74) is 6.31. The number of hydrogen-bond donors (Lipinski definition) is 1. The molecule has 0 saturated carbocycles. The topological polar surface area (TPSA) is 42.7 Å². The van der Waals surface area contributed by atoms with E-state index in [1.165, 1.54) is 35.4 Å². The zero-order valence-corrected chi connectivity index (χ0v) is 12.5. The Hall–Kier alpha value is -1.68. The third kappa shape index (κ3) is 2.36. The van der Waals surface area contributed by atoms with E-state index in [0.717, 1.165) is 18.7 Å². The van der Waals surface area contributed by atoms with Crippen LogP contribution >= 0.6 is 0 Å². The smallest absolute Gasteiger partial charge is 0.0641 e. The average molecular weight is 270 g/mol. The van der Waals surface area contributed by atoms with Gasteiger partial charge in [0.2, 0.25) is 0 Å². The van der Waals surface area contributed by atoms with E-state index < -0.39 is 0 Å². The number of aryl methyl sites for hydroxylation is 3. The lowest BCUT2D eigenvalue weighted by atomic mass is 9.92. The van der Waals surface area contributed by atoms with Crippen LogP contribution < -0.4 is 5.32 Å². The van der Waals surface area contributed by atoms with Crippen molar-refractivity contribution < 1.29 is 0 Å². The van der Waals surface area contributed by atoms with Gasteiger partial charge in [0, 0.05) is 31.0 Å². The lowest BCUT2D eigenvalue weighted by molar-refractivity contribution is 0.446. The summed E-state index contributed by atoms with van der Waals surface area (Å²) in [4.78, 5) is 4.58. The summed E-state index contributed by atoms with van der Waals surface area (Å²) in [7, 11) is 2.00. The standard InChI is InChI=1S/C16H22N4/c1-11-14(12(2)20(3)19-11)10-18-15-8-4-6-13-7-5-9-17-16(13)15/h5,7,9,15,18H,4,6,8,10H2,1-3H3. The van der Waals surface area contributed by atoms with Crippen molar-refractivity contribution in [3.8, 4) is 0 Å². The minimum absolute atomic E-state index is 0.374. The second kappa shape index (κ2) is 5.37. The quantitative estimate of drug-likeness (QED) is 0.932. The number of aromatic nitrogens is 3. The van der Waals surface area contributed by atoms with E-state index in [-0.39, 0.29) is 0 Å². The summed E-state index contributed by atoms with van der Waals surface area (Å²) < 4.78 is 1.96. The maximum atomic E-state index is 4.58. The van der Waals surface area contributed by atoms with Crippen LogP contribution in [0, 0.1) is 13.8 Å². The van der Waals surface area contributed by atoms with Gasteiger partial charge in [-0.2, -0.15) is 5.10 Å². The second-order valence-electron chi connectivity index (χ2n) is 5.65. The predicted molar refractivity (Wildman–Crippen MR) is 79.4 cm³/mol. The maximum Gasteiger partial charge on any atom is 0.0641 e. The van der Waals surface area contributed by atoms with E-state index in [1.807, 2.05) is 24.0 Å². The molecular weight excluding hydrogens is 248 g/mol. The van der Waals surface area contributed by atoms with Crippen LogP contribution in [0.3, 0.4) is 0 Å². The van der Waals surface area contributed by atoms with Crippen molar-refractivity contribution in [3.05, 3.63) is 46.5 Å². The van der Waals surface area contributed by atoms with Crippen molar-refractivity contribution in [2.24, 2.45) is 7.05 Å². The normalized spacial score (nSPS) is 18.1. The Kier molecular flexibility index (Phi) is 3.57. The van der Waals surface area contributed by atoms with Crippen LogP contribution in [0.5, 0.6) is 0 Å². The monoisotopic (exact) mass is 270 g/mol. The minimum Gasteiger partial charge on any atom is -0.304 e. The molecular formula is C16H22N4. The molecule has 1 unspecified atom stereocenters. The van der Waals surface area contributed by atoms with Gasteiger partial charge in [-0.15, -0.1) is 0 Å². The van der Waals surface area contributed by atoms with E-state index in [0.29, 0.717) is 6.04 Å². The first-order valence-corrected chi connectivity index (χ1v) is 7.33. The first kappa shape index (κ1) is 13.3. The number of pyridine rings is 1. The zero-order valence-electron chi connectivity index (χ0n) is 12.5. The molecule has 0 radical (unpaired) electrons. The Labute approximate surface area is 120 Å². The lowest BCUT2D eigenvalue weighted by Crippen LogP contribution is -2.26. The summed E-state index contributed by atoms with van der Waals surface area (Å²) in [5.74, 6) is 0. The molecule has 2 aromatic rings. The fourth-order valence-electron chi connectivity index (χ4n) is 3.11. The molecule has 0 spiro atoms. The van der Waals surface area contributed by atoms with Gasteiger partial charge in [-0.25, -0.2) is 0 Å². The first-order valence-electron chi connectivity index (χ1n) is 7.33. The van der Waals surface area contributed by atoms with Gasteiger partial charge in [-0.1, -0.05) is 6.07 Å². The number of nitrogens with one attached hydrogen (secondary N) is 1. The molecule has 0 fully saturated rings. The Morgan fingerprint density at radius 2 is 2.25 bits per heavy atom. The molecule has 0 amide bonds. The highest BCUT2D eigenvalue weighted by molar-refractivity contribution is 5.27. The SMILES string of the molecule is Cc1nn(C)c(C)c1CNC1CCCc2cccnc21. The number of nitrogens with zero attached hydrogens (tertiary/aromatic N) is 3. The van der Waals surface area contributed by atoms with Crippen LogP contribution in [-0.4, -0.2) is 14.8 Å². The Bertz CT molecular complexity index is 615. The average Bonchev–Trinajstić information content (AvgIpc) is 2.70. The molecule has 20 heavy (non-hydrogen) atoms. The number of hydrogen-bond acceptors (Lipinski definition) is 3. The predicted octanol–water partition coefficient (Wildman–Crippen LogP) is 2.60. The van der Waals surface area contributed by atoms with Crippen LogP contribution in [0.15, 0.2) is 18.3 Å². The van der Waals surface area contributed by atoms with E-state index in [1.54, 1.807) is 0 Å². The van der Waals surface area contributed by atoms with Gasteiger partial charge in [0.05, 0.1) is 17.4 Å². The zero-order chi connectivity index (χ0) is 14.1. The summed E-state index contributed by atoms with van der Waals surface area (Å²) in [6, 6.07) is 4.62. The van der Waals surface area contributed by atoms with Crippen molar-refractivity contribution in [3.63, 3.8) is 0 Å². The van der Waals surface area contributed by atoms with Crippen molar-refractivity contribution in [1.82, 2.24) is 20.1 Å². The van der Waals surface area contributed by atoms with Gasteiger partial charge < -0.3 is 5.32 Å². The van der Waals surface area contributed by atoms with E-state index >= 15 is 0 Å². The molecule has 1 N–H and O–H groups in total. The lowest BCUT2D eigenvalue weighted by Gasteiger charge is -2.25. The van der Waals surface area contributed by atoms with Crippen molar-refractivity contribution >= 4 is 0 Å². The summed E-state index contributed by atoms with van der Waals surface area (Å²) in [6.07, 6.45) is 5.47. The fourth-order valence-corrected chi connectivity index (χ4v) is 3.11. The molecule has 1 atom stereocenters. The third-order valence-corrected chi connectivity index (χ3v) is 4.38. The maximum absolute atomic E-state index is 4.58. The molecule has 0 saturated heterocycles. The number of fused-ring (bicyclic) bond motifs is 1. The Balaban J connectivity index is 1.77. The van der Waals surface area contributed by atoms with Gasteiger partial charge in [0.1, 0.15) is 0 Å². The molecule has 2 heterocycles. The molecule has 1 aliphatic carbocycles. The van der Waals surface area contributed by atoms with Gasteiger partial charge >= 0.3 is 0 Å². The van der Waals surface area contributed by atoms with Gasteiger partial charge in [0.15, 0.2) is 0 Å².